The largest absolute Gasteiger partial charge is 0.508 e. The van der Waals surface area contributed by atoms with Crippen molar-refractivity contribution in [2.75, 3.05) is 0 Å². The first-order chi connectivity index (χ1) is 14.2. The lowest BCUT2D eigenvalue weighted by Crippen LogP contribution is -2.58. The Kier molecular flexibility index (Phi) is 5.12. The lowest BCUT2D eigenvalue weighted by molar-refractivity contribution is -0.268. The third kappa shape index (κ3) is 3.59. The Bertz CT molecular complexity index is 998. The number of allylic oxidation sites excluding steroid dienone is 1. The predicted molar refractivity (Wildman–Crippen MR) is 102 cm³/mol. The highest BCUT2D eigenvalue weighted by atomic mass is 16.7. The highest BCUT2D eigenvalue weighted by molar-refractivity contribution is 6.16. The lowest BCUT2D eigenvalue weighted by atomic mass is 10.00. The third-order valence-corrected chi connectivity index (χ3v) is 4.98. The summed E-state index contributed by atoms with van der Waals surface area (Å²) in [6.45, 7) is 1.51. The van der Waals surface area contributed by atoms with Crippen molar-refractivity contribution in [3.05, 3.63) is 53.3 Å². The Labute approximate surface area is 171 Å². The Morgan fingerprint density at radius 2 is 1.70 bits per heavy atom. The second-order valence-corrected chi connectivity index (χ2v) is 7.15. The van der Waals surface area contributed by atoms with Crippen LogP contribution < -0.4 is 9.47 Å². The number of hydrogen-bond acceptors (Lipinski definition) is 9. The first-order valence-corrected chi connectivity index (χ1v) is 9.21. The molecule has 5 N–H and O–H groups in total. The minimum atomic E-state index is -1.53. The van der Waals surface area contributed by atoms with E-state index in [4.69, 9.17) is 14.2 Å². The molecule has 0 bridgehead atoms. The number of carbonyl (C=O) groups excluding carboxylic acids is 1. The van der Waals surface area contributed by atoms with Gasteiger partial charge in [-0.3, -0.25) is 4.79 Å². The summed E-state index contributed by atoms with van der Waals surface area (Å²) >= 11 is 0. The number of phenolic OH excluding ortho intramolecular Hbond substituents is 2. The van der Waals surface area contributed by atoms with Crippen LogP contribution in [0, 0.1) is 0 Å². The number of rotatable bonds is 3. The molecule has 0 aromatic heterocycles. The number of aliphatic hydroxyl groups excluding tert-OH is 3. The van der Waals surface area contributed by atoms with Crippen LogP contribution in [0.4, 0.5) is 0 Å². The molecule has 2 aliphatic rings. The van der Waals surface area contributed by atoms with Gasteiger partial charge in [-0.05, 0) is 30.7 Å². The van der Waals surface area contributed by atoms with E-state index in [1.807, 2.05) is 0 Å². The van der Waals surface area contributed by atoms with E-state index < -0.39 is 36.5 Å². The summed E-state index contributed by atoms with van der Waals surface area (Å²) in [4.78, 5) is 12.6. The topological polar surface area (TPSA) is 146 Å². The molecule has 30 heavy (non-hydrogen) atoms. The number of carbonyl (C=O) groups is 1. The van der Waals surface area contributed by atoms with E-state index in [1.54, 1.807) is 12.1 Å². The predicted octanol–water partition coefficient (Wildman–Crippen LogP) is 0.920. The van der Waals surface area contributed by atoms with Crippen LogP contribution in [-0.4, -0.2) is 62.0 Å². The Balaban J connectivity index is 1.58. The van der Waals surface area contributed by atoms with Gasteiger partial charge in [0.25, 0.3) is 0 Å². The second kappa shape index (κ2) is 7.62. The van der Waals surface area contributed by atoms with Gasteiger partial charge in [-0.25, -0.2) is 0 Å². The molecule has 4 rings (SSSR count). The average molecular weight is 416 g/mol. The molecule has 2 heterocycles. The van der Waals surface area contributed by atoms with Gasteiger partial charge in [0.2, 0.25) is 12.1 Å². The Morgan fingerprint density at radius 3 is 2.40 bits per heavy atom. The summed E-state index contributed by atoms with van der Waals surface area (Å²) in [7, 11) is 0. The van der Waals surface area contributed by atoms with Crippen LogP contribution in [-0.2, 0) is 4.74 Å². The number of fused-ring (bicyclic) bond motifs is 1. The van der Waals surface area contributed by atoms with Crippen molar-refractivity contribution in [2.45, 2.75) is 37.6 Å². The molecule has 2 aromatic rings. The summed E-state index contributed by atoms with van der Waals surface area (Å²) in [5.41, 5.74) is 0.571. The van der Waals surface area contributed by atoms with E-state index in [9.17, 15) is 30.3 Å². The molecule has 2 aliphatic heterocycles. The fraction of sp³-hybridized carbons (Fsp3) is 0.286. The molecule has 1 fully saturated rings. The SMILES string of the molecule is CC1OC(Oc2cc(O)c3c(c2)OC(=Cc2ccc(O)cc2)C3=O)C(O)C(O)C1O. The van der Waals surface area contributed by atoms with E-state index in [-0.39, 0.29) is 34.3 Å². The van der Waals surface area contributed by atoms with Crippen LogP contribution in [0.2, 0.25) is 0 Å². The summed E-state index contributed by atoms with van der Waals surface area (Å²) < 4.78 is 16.5. The van der Waals surface area contributed by atoms with Crippen LogP contribution in [0.25, 0.3) is 6.08 Å². The quantitative estimate of drug-likeness (QED) is 0.461. The Morgan fingerprint density at radius 1 is 1.00 bits per heavy atom. The van der Waals surface area contributed by atoms with Gasteiger partial charge in [-0.2, -0.15) is 0 Å². The molecule has 0 radical (unpaired) electrons. The molecular weight excluding hydrogens is 396 g/mol. The number of aromatic hydroxyl groups is 2. The molecule has 9 heteroatoms. The van der Waals surface area contributed by atoms with E-state index in [0.29, 0.717) is 5.56 Å². The van der Waals surface area contributed by atoms with Crippen molar-refractivity contribution < 1.29 is 44.5 Å². The van der Waals surface area contributed by atoms with Gasteiger partial charge in [0.05, 0.1) is 6.10 Å². The number of phenols is 2. The first kappa shape index (κ1) is 20.2. The van der Waals surface area contributed by atoms with Gasteiger partial charge >= 0.3 is 0 Å². The zero-order chi connectivity index (χ0) is 21.6. The summed E-state index contributed by atoms with van der Waals surface area (Å²) in [5, 5.41) is 49.4. The fourth-order valence-corrected chi connectivity index (χ4v) is 3.30. The summed E-state index contributed by atoms with van der Waals surface area (Å²) in [5.74, 6) is -0.769. The van der Waals surface area contributed by atoms with E-state index in [0.717, 1.165) is 0 Å². The van der Waals surface area contributed by atoms with Crippen molar-refractivity contribution >= 4 is 11.9 Å². The van der Waals surface area contributed by atoms with Crippen LogP contribution in [0.1, 0.15) is 22.8 Å². The first-order valence-electron chi connectivity index (χ1n) is 9.21. The van der Waals surface area contributed by atoms with Gasteiger partial charge in [0, 0.05) is 12.1 Å². The Hall–Kier alpha value is -3.11. The molecule has 9 nitrogen and oxygen atoms in total. The molecule has 5 unspecified atom stereocenters. The second-order valence-electron chi connectivity index (χ2n) is 7.15. The van der Waals surface area contributed by atoms with Gasteiger partial charge in [-0.1, -0.05) is 12.1 Å². The molecular formula is C21H20O9. The lowest BCUT2D eigenvalue weighted by Gasteiger charge is -2.38. The molecule has 1 saturated heterocycles. The standard InChI is InChI=1S/C21H20O9/c1-9-17(24)19(26)20(27)21(28-9)29-12-7-13(23)16-14(8-12)30-15(18(16)25)6-10-2-4-11(22)5-3-10/h2-9,17,19-24,26-27H,1H3. The van der Waals surface area contributed by atoms with Crippen molar-refractivity contribution in [1.29, 1.82) is 0 Å². The molecule has 0 aliphatic carbocycles. The molecule has 0 saturated carbocycles. The summed E-state index contributed by atoms with van der Waals surface area (Å²) in [6, 6.07) is 8.64. The van der Waals surface area contributed by atoms with Crippen LogP contribution >= 0.6 is 0 Å². The molecule has 0 spiro atoms. The maximum atomic E-state index is 12.6. The third-order valence-electron chi connectivity index (χ3n) is 4.98. The average Bonchev–Trinajstić information content (AvgIpc) is 3.02. The van der Waals surface area contributed by atoms with Crippen molar-refractivity contribution in [2.24, 2.45) is 0 Å². The van der Waals surface area contributed by atoms with E-state index >= 15 is 0 Å². The highest BCUT2D eigenvalue weighted by Crippen LogP contribution is 2.41. The van der Waals surface area contributed by atoms with Crippen molar-refractivity contribution in [3.63, 3.8) is 0 Å². The van der Waals surface area contributed by atoms with Gasteiger partial charge in [0.15, 0.2) is 5.76 Å². The van der Waals surface area contributed by atoms with Crippen LogP contribution in [0.3, 0.4) is 0 Å². The summed E-state index contributed by atoms with van der Waals surface area (Å²) in [6.07, 6.45) is -4.91. The molecule has 5 atom stereocenters. The van der Waals surface area contributed by atoms with Crippen LogP contribution in [0.15, 0.2) is 42.2 Å². The molecule has 158 valence electrons. The minimum Gasteiger partial charge on any atom is -0.508 e. The van der Waals surface area contributed by atoms with Gasteiger partial charge in [-0.15, -0.1) is 0 Å². The van der Waals surface area contributed by atoms with Crippen molar-refractivity contribution in [3.8, 4) is 23.0 Å². The maximum absolute atomic E-state index is 12.6. The van der Waals surface area contributed by atoms with Crippen molar-refractivity contribution in [1.82, 2.24) is 0 Å². The normalized spacial score (nSPS) is 29.5. The number of aliphatic hydroxyl groups is 3. The van der Waals surface area contributed by atoms with E-state index in [1.165, 1.54) is 37.3 Å². The number of benzene rings is 2. The van der Waals surface area contributed by atoms with Gasteiger partial charge in [0.1, 0.15) is 46.9 Å². The monoisotopic (exact) mass is 416 g/mol. The molecule has 0 amide bonds. The van der Waals surface area contributed by atoms with Crippen LogP contribution in [0.5, 0.6) is 23.0 Å². The number of ether oxygens (including phenoxy) is 3. The number of Topliss-reactive ketones (excluding diaryl/α,β-unsaturated/α-hetero) is 1. The smallest absolute Gasteiger partial charge is 0.235 e. The van der Waals surface area contributed by atoms with E-state index in [2.05, 4.69) is 0 Å². The maximum Gasteiger partial charge on any atom is 0.235 e. The number of ketones is 1. The highest BCUT2D eigenvalue weighted by Gasteiger charge is 2.43. The minimum absolute atomic E-state index is 0.0238. The van der Waals surface area contributed by atoms with Gasteiger partial charge < -0.3 is 39.7 Å². The zero-order valence-electron chi connectivity index (χ0n) is 15.8. The zero-order valence-corrected chi connectivity index (χ0v) is 15.8. The number of hydrogen-bond donors (Lipinski definition) is 5. The fourth-order valence-electron chi connectivity index (χ4n) is 3.30. The molecule has 2 aromatic carbocycles.